The molecule has 3 heterocycles. The van der Waals surface area contributed by atoms with Crippen molar-refractivity contribution >= 4 is 37.2 Å². The highest BCUT2D eigenvalue weighted by atomic mass is 32.2. The number of rotatable bonds is 21. The molecule has 51 heavy (non-hydrogen) atoms. The van der Waals surface area contributed by atoms with Crippen LogP contribution in [0.2, 0.25) is 0 Å². The fourth-order valence-electron chi connectivity index (χ4n) is 5.12. The Morgan fingerprint density at radius 1 is 0.824 bits per heavy atom. The van der Waals surface area contributed by atoms with Gasteiger partial charge in [-0.15, -0.1) is 11.3 Å². The van der Waals surface area contributed by atoms with E-state index < -0.39 is 15.7 Å². The molecule has 2 aromatic carbocycles. The molecule has 1 N–H and O–H groups in total. The third-order valence-electron chi connectivity index (χ3n) is 7.64. The van der Waals surface area contributed by atoms with E-state index >= 15 is 4.39 Å². The van der Waals surface area contributed by atoms with Crippen molar-refractivity contribution < 1.29 is 36.6 Å². The number of ether oxygens (including phenoxy) is 4. The Kier molecular flexibility index (Phi) is 14.2. The number of carbonyl (C=O) groups is 1. The minimum Gasteiger partial charge on any atom is -0.453 e. The molecule has 0 saturated heterocycles. The summed E-state index contributed by atoms with van der Waals surface area (Å²) in [4.78, 5) is 22.9. The molecule has 13 heteroatoms. The number of ketones is 1. The summed E-state index contributed by atoms with van der Waals surface area (Å²) < 4.78 is 62.1. The number of thiophene rings is 1. The molecule has 0 amide bonds. The summed E-state index contributed by atoms with van der Waals surface area (Å²) in [6, 6.07) is 18.3. The topological polar surface area (TPSA) is 126 Å². The third kappa shape index (κ3) is 11.7. The Labute approximate surface area is 301 Å². The first-order valence-electron chi connectivity index (χ1n) is 16.7. The van der Waals surface area contributed by atoms with Crippen LogP contribution in [0, 0.1) is 5.82 Å². The van der Waals surface area contributed by atoms with Crippen molar-refractivity contribution in [3.05, 3.63) is 102 Å². The van der Waals surface area contributed by atoms with E-state index in [4.69, 9.17) is 18.9 Å². The highest BCUT2D eigenvalue weighted by Gasteiger charge is 2.15. The van der Waals surface area contributed by atoms with E-state index in [9.17, 15) is 13.2 Å². The molecule has 0 spiro atoms. The van der Waals surface area contributed by atoms with Gasteiger partial charge in [0.2, 0.25) is 0 Å². The SMILES string of the molecule is CCCOCCOCCOCCNCc1ccc(-c2cc3nccc(Oc4ccc(CC(=O)Cc5cccc(S(C)(=O)=O)c5)cc4F)c3s2)nc1. The maximum atomic E-state index is 15.2. The Morgan fingerprint density at radius 2 is 1.55 bits per heavy atom. The lowest BCUT2D eigenvalue weighted by molar-refractivity contribution is -0.117. The summed E-state index contributed by atoms with van der Waals surface area (Å²) in [6.45, 7) is 7.06. The highest BCUT2D eigenvalue weighted by molar-refractivity contribution is 7.90. The average molecular weight is 736 g/mol. The summed E-state index contributed by atoms with van der Waals surface area (Å²) >= 11 is 1.46. The number of fused-ring (bicyclic) bond motifs is 1. The summed E-state index contributed by atoms with van der Waals surface area (Å²) in [5, 5.41) is 3.36. The van der Waals surface area contributed by atoms with Gasteiger partial charge in [-0.2, -0.15) is 0 Å². The average Bonchev–Trinajstić information content (AvgIpc) is 3.55. The van der Waals surface area contributed by atoms with Gasteiger partial charge in [0.15, 0.2) is 21.4 Å². The molecule has 0 saturated carbocycles. The van der Waals surface area contributed by atoms with Crippen molar-refractivity contribution in [3.63, 3.8) is 0 Å². The molecule has 0 atom stereocenters. The first-order chi connectivity index (χ1) is 24.7. The zero-order valence-corrected chi connectivity index (χ0v) is 30.4. The monoisotopic (exact) mass is 735 g/mol. The molecular formula is C38H42FN3O7S2. The maximum Gasteiger partial charge on any atom is 0.175 e. The summed E-state index contributed by atoms with van der Waals surface area (Å²) in [5.41, 5.74) is 3.62. The van der Waals surface area contributed by atoms with Crippen LogP contribution in [-0.4, -0.2) is 76.6 Å². The predicted octanol–water partition coefficient (Wildman–Crippen LogP) is 6.60. The van der Waals surface area contributed by atoms with Gasteiger partial charge in [-0.25, -0.2) is 12.8 Å². The van der Waals surface area contributed by atoms with Gasteiger partial charge in [-0.1, -0.05) is 31.2 Å². The molecule has 0 fully saturated rings. The second-order valence-electron chi connectivity index (χ2n) is 11.9. The normalized spacial score (nSPS) is 11.7. The van der Waals surface area contributed by atoms with E-state index in [1.54, 1.807) is 30.5 Å². The van der Waals surface area contributed by atoms with Crippen LogP contribution in [-0.2, 0) is 48.2 Å². The second kappa shape index (κ2) is 18.9. The van der Waals surface area contributed by atoms with Crippen LogP contribution in [0.4, 0.5) is 4.39 Å². The Balaban J connectivity index is 1.11. The number of halogens is 1. The number of Topliss-reactive ketones (excluding diaryl/α,β-unsaturated/α-hetero) is 1. The molecule has 270 valence electrons. The van der Waals surface area contributed by atoms with E-state index in [-0.39, 0.29) is 29.3 Å². The number of nitrogens with zero attached hydrogens (tertiary/aromatic N) is 2. The van der Waals surface area contributed by atoms with Crippen molar-refractivity contribution in [2.24, 2.45) is 0 Å². The Morgan fingerprint density at radius 3 is 2.25 bits per heavy atom. The summed E-state index contributed by atoms with van der Waals surface area (Å²) in [5.74, 6) is -0.284. The van der Waals surface area contributed by atoms with Crippen LogP contribution >= 0.6 is 11.3 Å². The van der Waals surface area contributed by atoms with Gasteiger partial charge >= 0.3 is 0 Å². The molecule has 5 rings (SSSR count). The maximum absolute atomic E-state index is 15.2. The van der Waals surface area contributed by atoms with Crippen LogP contribution < -0.4 is 10.1 Å². The third-order valence-corrected chi connectivity index (χ3v) is 9.91. The highest BCUT2D eigenvalue weighted by Crippen LogP contribution is 2.39. The first kappa shape index (κ1) is 38.1. The number of hydrogen-bond acceptors (Lipinski definition) is 11. The van der Waals surface area contributed by atoms with Crippen molar-refractivity contribution in [3.8, 4) is 22.1 Å². The lowest BCUT2D eigenvalue weighted by Crippen LogP contribution is -2.20. The Hall–Kier alpha value is -4.11. The van der Waals surface area contributed by atoms with Crippen molar-refractivity contribution in [1.82, 2.24) is 15.3 Å². The van der Waals surface area contributed by atoms with Crippen LogP contribution in [0.5, 0.6) is 11.5 Å². The number of carbonyl (C=O) groups excluding carboxylic acids is 1. The van der Waals surface area contributed by atoms with Gasteiger partial charge < -0.3 is 24.3 Å². The van der Waals surface area contributed by atoms with Gasteiger partial charge in [-0.05, 0) is 59.5 Å². The van der Waals surface area contributed by atoms with Crippen LogP contribution in [0.3, 0.4) is 0 Å². The number of nitrogens with one attached hydrogen (secondary N) is 1. The molecule has 0 unspecified atom stereocenters. The number of aromatic nitrogens is 2. The van der Waals surface area contributed by atoms with E-state index in [0.717, 1.165) is 40.1 Å². The van der Waals surface area contributed by atoms with E-state index in [1.807, 2.05) is 24.4 Å². The molecule has 10 nitrogen and oxygen atoms in total. The largest absolute Gasteiger partial charge is 0.453 e. The molecule has 0 aliphatic heterocycles. The number of hydrogen-bond donors (Lipinski definition) is 1. The fraction of sp³-hybridized carbons (Fsp3) is 0.342. The molecule has 0 bridgehead atoms. The molecule has 0 radical (unpaired) electrons. The molecular weight excluding hydrogens is 694 g/mol. The molecule has 3 aromatic heterocycles. The summed E-state index contributed by atoms with van der Waals surface area (Å²) in [6.07, 6.45) is 5.61. The molecule has 0 aliphatic rings. The molecule has 0 aliphatic carbocycles. The standard InChI is InChI=1S/C38H42FN3O7S2/c1-3-14-46-16-18-48-19-17-47-15-13-40-25-29-7-9-33(42-26-29)37-24-34-38(50-37)36(11-12-41-34)49-35-10-8-28(23-32(35)39)21-30(43)20-27-5-4-6-31(22-27)51(2,44)45/h4-12,22-24,26,40H,3,13-21,25H2,1-2H3. The first-order valence-corrected chi connectivity index (χ1v) is 19.4. The van der Waals surface area contributed by atoms with Crippen LogP contribution in [0.1, 0.15) is 30.0 Å². The lowest BCUT2D eigenvalue weighted by Gasteiger charge is -2.09. The number of sulfone groups is 1. The van der Waals surface area contributed by atoms with Gasteiger partial charge in [0.25, 0.3) is 0 Å². The van der Waals surface area contributed by atoms with Gasteiger partial charge in [0.1, 0.15) is 11.5 Å². The smallest absolute Gasteiger partial charge is 0.175 e. The van der Waals surface area contributed by atoms with Crippen LogP contribution in [0.25, 0.3) is 20.8 Å². The van der Waals surface area contributed by atoms with Gasteiger partial charge in [0, 0.05) is 57.3 Å². The van der Waals surface area contributed by atoms with E-state index in [2.05, 4.69) is 22.2 Å². The Bertz CT molecular complexity index is 2000. The molecule has 5 aromatic rings. The number of benzene rings is 2. The summed E-state index contributed by atoms with van der Waals surface area (Å²) in [7, 11) is -3.39. The zero-order valence-electron chi connectivity index (χ0n) is 28.7. The second-order valence-corrected chi connectivity index (χ2v) is 14.9. The van der Waals surface area contributed by atoms with Crippen LogP contribution in [0.15, 0.2) is 84.0 Å². The van der Waals surface area contributed by atoms with Crippen molar-refractivity contribution in [2.75, 3.05) is 52.4 Å². The van der Waals surface area contributed by atoms with E-state index in [0.29, 0.717) is 68.5 Å². The lowest BCUT2D eigenvalue weighted by atomic mass is 10.0. The van der Waals surface area contributed by atoms with Crippen molar-refractivity contribution in [1.29, 1.82) is 0 Å². The van der Waals surface area contributed by atoms with Gasteiger partial charge in [-0.3, -0.25) is 14.8 Å². The van der Waals surface area contributed by atoms with Crippen molar-refractivity contribution in [2.45, 2.75) is 37.6 Å². The van der Waals surface area contributed by atoms with Gasteiger partial charge in [0.05, 0.1) is 58.7 Å². The quantitative estimate of drug-likeness (QED) is 0.0825. The number of pyridine rings is 2. The van der Waals surface area contributed by atoms with E-state index in [1.165, 1.54) is 35.6 Å². The minimum absolute atomic E-state index is 0.00365. The zero-order chi connectivity index (χ0) is 36.1. The fourth-order valence-corrected chi connectivity index (χ4v) is 6.85. The predicted molar refractivity (Wildman–Crippen MR) is 196 cm³/mol. The minimum atomic E-state index is -3.39.